The minimum absolute atomic E-state index is 0.634. The number of aromatic nitrogens is 3. The molecule has 0 fully saturated rings. The Hall–Kier alpha value is -6.65. The molecule has 49 heavy (non-hydrogen) atoms. The van der Waals surface area contributed by atoms with Crippen LogP contribution in [0.4, 0.5) is 0 Å². The van der Waals surface area contributed by atoms with E-state index in [4.69, 9.17) is 19.4 Å². The van der Waals surface area contributed by atoms with E-state index >= 15 is 0 Å². The number of nitrogens with zero attached hydrogens (tertiary/aromatic N) is 3. The van der Waals surface area contributed by atoms with E-state index in [-0.39, 0.29) is 0 Å². The first kappa shape index (κ1) is 27.5. The van der Waals surface area contributed by atoms with Gasteiger partial charge in [-0.25, -0.2) is 15.0 Å². The predicted molar refractivity (Wildman–Crippen MR) is 201 cm³/mol. The summed E-state index contributed by atoms with van der Waals surface area (Å²) >= 11 is 0. The fraction of sp³-hybridized carbons (Fsp3) is 0. The van der Waals surface area contributed by atoms with Crippen LogP contribution in [0.25, 0.3) is 99.3 Å². The standard InChI is InChI=1S/C45H27N3O/c1-3-11-29(12-4-1)44-46-26-33(27-47-44)41-37-17-9-7-15-35(37)40(36-16-8-10-18-38(36)41)32-21-23-34-31(25-32)20-19-28-22-24-39-43(42(28)34)49-45(48-39)30-13-5-2-6-14-30/h1-27H. The van der Waals surface area contributed by atoms with Crippen molar-refractivity contribution in [3.63, 3.8) is 0 Å². The third-order valence-corrected chi connectivity index (χ3v) is 9.57. The first-order valence-electron chi connectivity index (χ1n) is 16.4. The van der Waals surface area contributed by atoms with E-state index in [2.05, 4.69) is 84.9 Å². The molecular formula is C45H27N3O. The van der Waals surface area contributed by atoms with E-state index < -0.39 is 0 Å². The number of hydrogen-bond donors (Lipinski definition) is 0. The van der Waals surface area contributed by atoms with E-state index in [0.717, 1.165) is 66.3 Å². The molecule has 10 rings (SSSR count). The van der Waals surface area contributed by atoms with Gasteiger partial charge in [-0.3, -0.25) is 0 Å². The average Bonchev–Trinajstić information content (AvgIpc) is 3.62. The van der Waals surface area contributed by atoms with Gasteiger partial charge in [-0.2, -0.15) is 0 Å². The van der Waals surface area contributed by atoms with Crippen LogP contribution in [0.3, 0.4) is 0 Å². The van der Waals surface area contributed by atoms with Crippen molar-refractivity contribution in [1.29, 1.82) is 0 Å². The summed E-state index contributed by atoms with van der Waals surface area (Å²) in [5.41, 5.74) is 8.16. The third-order valence-electron chi connectivity index (χ3n) is 9.57. The average molecular weight is 626 g/mol. The molecule has 2 heterocycles. The first-order chi connectivity index (χ1) is 24.3. The van der Waals surface area contributed by atoms with Gasteiger partial charge in [-0.05, 0) is 73.1 Å². The zero-order chi connectivity index (χ0) is 32.3. The fourth-order valence-electron chi connectivity index (χ4n) is 7.34. The molecule has 0 aliphatic carbocycles. The molecule has 4 heteroatoms. The summed E-state index contributed by atoms with van der Waals surface area (Å²) in [6.45, 7) is 0. The van der Waals surface area contributed by atoms with Gasteiger partial charge in [-0.1, -0.05) is 127 Å². The summed E-state index contributed by atoms with van der Waals surface area (Å²) in [6, 6.07) is 52.9. The number of oxazole rings is 1. The highest BCUT2D eigenvalue weighted by Gasteiger charge is 2.19. The van der Waals surface area contributed by atoms with Gasteiger partial charge in [0.2, 0.25) is 5.89 Å². The van der Waals surface area contributed by atoms with Crippen molar-refractivity contribution in [1.82, 2.24) is 15.0 Å². The van der Waals surface area contributed by atoms with Crippen molar-refractivity contribution in [3.05, 3.63) is 164 Å². The second-order valence-electron chi connectivity index (χ2n) is 12.4. The Bertz CT molecular complexity index is 2800. The van der Waals surface area contributed by atoms with E-state index in [0.29, 0.717) is 5.89 Å². The summed E-state index contributed by atoms with van der Waals surface area (Å²) in [6.07, 6.45) is 3.91. The number of fused-ring (bicyclic) bond motifs is 7. The maximum Gasteiger partial charge on any atom is 0.227 e. The van der Waals surface area contributed by atoms with Crippen molar-refractivity contribution in [3.8, 4) is 45.1 Å². The molecule has 0 radical (unpaired) electrons. The van der Waals surface area contributed by atoms with Crippen LogP contribution in [-0.2, 0) is 0 Å². The normalized spacial score (nSPS) is 11.7. The van der Waals surface area contributed by atoms with Gasteiger partial charge in [0, 0.05) is 40.0 Å². The lowest BCUT2D eigenvalue weighted by molar-refractivity contribution is 0.623. The summed E-state index contributed by atoms with van der Waals surface area (Å²) in [5.74, 6) is 1.35. The number of hydrogen-bond acceptors (Lipinski definition) is 4. The Morgan fingerprint density at radius 3 is 1.61 bits per heavy atom. The highest BCUT2D eigenvalue weighted by molar-refractivity contribution is 6.23. The molecule has 8 aromatic carbocycles. The minimum Gasteiger partial charge on any atom is -0.435 e. The van der Waals surface area contributed by atoms with Crippen molar-refractivity contribution >= 4 is 54.2 Å². The molecule has 0 N–H and O–H groups in total. The molecule has 0 aliphatic rings. The largest absolute Gasteiger partial charge is 0.435 e. The summed E-state index contributed by atoms with van der Waals surface area (Å²) in [5, 5.41) is 9.22. The smallest absolute Gasteiger partial charge is 0.227 e. The highest BCUT2D eigenvalue weighted by Crippen LogP contribution is 2.44. The van der Waals surface area contributed by atoms with Crippen LogP contribution >= 0.6 is 0 Å². The first-order valence-corrected chi connectivity index (χ1v) is 16.4. The predicted octanol–water partition coefficient (Wildman–Crippen LogP) is 11.9. The van der Waals surface area contributed by atoms with E-state index in [1.54, 1.807) is 0 Å². The van der Waals surface area contributed by atoms with Crippen molar-refractivity contribution in [2.75, 3.05) is 0 Å². The van der Waals surface area contributed by atoms with Gasteiger partial charge < -0.3 is 4.42 Å². The maximum atomic E-state index is 6.47. The molecule has 0 aliphatic heterocycles. The van der Waals surface area contributed by atoms with Gasteiger partial charge in [-0.15, -0.1) is 0 Å². The second-order valence-corrected chi connectivity index (χ2v) is 12.4. The lowest BCUT2D eigenvalue weighted by Gasteiger charge is -2.18. The van der Waals surface area contributed by atoms with Crippen LogP contribution in [0.2, 0.25) is 0 Å². The van der Waals surface area contributed by atoms with Crippen LogP contribution < -0.4 is 0 Å². The minimum atomic E-state index is 0.634. The Labute approximate surface area is 282 Å². The van der Waals surface area contributed by atoms with Crippen LogP contribution in [0, 0.1) is 0 Å². The van der Waals surface area contributed by atoms with Crippen LogP contribution in [0.15, 0.2) is 168 Å². The summed E-state index contributed by atoms with van der Waals surface area (Å²) in [4.78, 5) is 14.4. The van der Waals surface area contributed by atoms with Crippen molar-refractivity contribution < 1.29 is 4.42 Å². The Kier molecular flexibility index (Phi) is 6.15. The zero-order valence-corrected chi connectivity index (χ0v) is 26.3. The SMILES string of the molecule is c1ccc(-c2ncc(-c3c4ccccc4c(-c4ccc5c(ccc6ccc7nc(-c8ccccc8)oc7c65)c4)c4ccccc34)cn2)cc1. The molecule has 10 aromatic rings. The van der Waals surface area contributed by atoms with E-state index in [9.17, 15) is 0 Å². The third kappa shape index (κ3) is 4.42. The lowest BCUT2D eigenvalue weighted by Crippen LogP contribution is -1.93. The van der Waals surface area contributed by atoms with Gasteiger partial charge in [0.15, 0.2) is 11.4 Å². The molecule has 0 saturated carbocycles. The Balaban J connectivity index is 1.17. The quantitative estimate of drug-likeness (QED) is 0.144. The molecule has 0 spiro atoms. The molecule has 228 valence electrons. The van der Waals surface area contributed by atoms with Crippen LogP contribution in [-0.4, -0.2) is 15.0 Å². The number of benzene rings is 8. The Morgan fingerprint density at radius 1 is 0.408 bits per heavy atom. The van der Waals surface area contributed by atoms with Crippen molar-refractivity contribution in [2.24, 2.45) is 0 Å². The Morgan fingerprint density at radius 2 is 0.959 bits per heavy atom. The van der Waals surface area contributed by atoms with E-state index in [1.807, 2.05) is 79.1 Å². The van der Waals surface area contributed by atoms with Crippen LogP contribution in [0.1, 0.15) is 0 Å². The second kappa shape index (κ2) is 11.0. The monoisotopic (exact) mass is 625 g/mol. The maximum absolute atomic E-state index is 6.47. The summed E-state index contributed by atoms with van der Waals surface area (Å²) < 4.78 is 6.47. The van der Waals surface area contributed by atoms with Crippen LogP contribution in [0.5, 0.6) is 0 Å². The van der Waals surface area contributed by atoms with Gasteiger partial charge in [0.05, 0.1) is 0 Å². The molecule has 0 amide bonds. The number of rotatable bonds is 4. The molecule has 0 bridgehead atoms. The molecule has 0 atom stereocenters. The summed E-state index contributed by atoms with van der Waals surface area (Å²) in [7, 11) is 0. The molecular weight excluding hydrogens is 599 g/mol. The fourth-order valence-corrected chi connectivity index (χ4v) is 7.34. The van der Waals surface area contributed by atoms with Gasteiger partial charge in [0.1, 0.15) is 5.52 Å². The molecule has 0 saturated heterocycles. The zero-order valence-electron chi connectivity index (χ0n) is 26.3. The molecule has 2 aromatic heterocycles. The van der Waals surface area contributed by atoms with Gasteiger partial charge in [0.25, 0.3) is 0 Å². The van der Waals surface area contributed by atoms with E-state index in [1.165, 1.54) is 27.1 Å². The molecule has 4 nitrogen and oxygen atoms in total. The topological polar surface area (TPSA) is 51.8 Å². The van der Waals surface area contributed by atoms with Gasteiger partial charge >= 0.3 is 0 Å². The lowest BCUT2D eigenvalue weighted by atomic mass is 9.86. The molecule has 0 unspecified atom stereocenters. The highest BCUT2D eigenvalue weighted by atomic mass is 16.3. The van der Waals surface area contributed by atoms with Crippen molar-refractivity contribution in [2.45, 2.75) is 0 Å².